The van der Waals surface area contributed by atoms with E-state index in [1.807, 2.05) is 0 Å². The van der Waals surface area contributed by atoms with Crippen LogP contribution in [-0.4, -0.2) is 22.2 Å². The van der Waals surface area contributed by atoms with Crippen molar-refractivity contribution in [2.45, 2.75) is 51.2 Å². The SMILES string of the molecule is Cc1cc([N+](=O)[O-])c(Cl)cc1NC1CCCCCC1O. The predicted molar refractivity (Wildman–Crippen MR) is 79.3 cm³/mol. The Bertz CT molecular complexity index is 507. The van der Waals surface area contributed by atoms with Gasteiger partial charge in [0.2, 0.25) is 0 Å². The van der Waals surface area contributed by atoms with E-state index in [9.17, 15) is 15.2 Å². The Morgan fingerprint density at radius 2 is 2.05 bits per heavy atom. The normalized spacial score (nSPS) is 23.1. The summed E-state index contributed by atoms with van der Waals surface area (Å²) < 4.78 is 0. The number of benzene rings is 1. The smallest absolute Gasteiger partial charge is 0.288 e. The molecule has 0 spiro atoms. The van der Waals surface area contributed by atoms with Crippen LogP contribution < -0.4 is 5.32 Å². The number of halogens is 1. The second-order valence-electron chi connectivity index (χ2n) is 5.33. The van der Waals surface area contributed by atoms with E-state index in [1.165, 1.54) is 6.07 Å². The van der Waals surface area contributed by atoms with Gasteiger partial charge in [0.05, 0.1) is 17.1 Å². The second kappa shape index (κ2) is 6.41. The van der Waals surface area contributed by atoms with Gasteiger partial charge in [0.1, 0.15) is 5.02 Å². The number of nitrogens with zero attached hydrogens (tertiary/aromatic N) is 1. The van der Waals surface area contributed by atoms with Gasteiger partial charge in [-0.15, -0.1) is 0 Å². The van der Waals surface area contributed by atoms with Gasteiger partial charge in [-0.2, -0.15) is 0 Å². The average molecular weight is 299 g/mol. The standard InChI is InChI=1S/C14H19ClN2O3/c1-9-7-13(17(19)20)10(15)8-12(9)16-11-5-3-2-4-6-14(11)18/h7-8,11,14,16,18H,2-6H2,1H3. The lowest BCUT2D eigenvalue weighted by Crippen LogP contribution is -2.32. The predicted octanol–water partition coefficient (Wildman–Crippen LogP) is 3.66. The molecule has 1 aromatic rings. The van der Waals surface area contributed by atoms with Crippen molar-refractivity contribution in [1.82, 2.24) is 0 Å². The highest BCUT2D eigenvalue weighted by atomic mass is 35.5. The summed E-state index contributed by atoms with van der Waals surface area (Å²) in [7, 11) is 0. The van der Waals surface area contributed by atoms with Crippen LogP contribution in [0.25, 0.3) is 0 Å². The summed E-state index contributed by atoms with van der Waals surface area (Å²) in [6.07, 6.45) is 4.56. The Labute approximate surface area is 123 Å². The third-order valence-corrected chi connectivity index (χ3v) is 4.11. The minimum absolute atomic E-state index is 0.0197. The van der Waals surface area contributed by atoms with Crippen LogP contribution in [0.2, 0.25) is 5.02 Å². The Hall–Kier alpha value is -1.33. The summed E-state index contributed by atoms with van der Waals surface area (Å²) in [5.41, 5.74) is 1.43. The first-order chi connectivity index (χ1) is 9.49. The van der Waals surface area contributed by atoms with Crippen molar-refractivity contribution in [3.8, 4) is 0 Å². The third-order valence-electron chi connectivity index (χ3n) is 3.81. The molecule has 1 fully saturated rings. The molecule has 0 aliphatic heterocycles. The van der Waals surface area contributed by atoms with Gasteiger partial charge < -0.3 is 10.4 Å². The number of nitrogens with one attached hydrogen (secondary N) is 1. The van der Waals surface area contributed by atoms with Gasteiger partial charge in [-0.05, 0) is 31.4 Å². The summed E-state index contributed by atoms with van der Waals surface area (Å²) >= 11 is 5.94. The lowest BCUT2D eigenvalue weighted by atomic mass is 10.0. The number of anilines is 1. The van der Waals surface area contributed by atoms with E-state index in [1.54, 1.807) is 13.0 Å². The molecule has 2 atom stereocenters. The van der Waals surface area contributed by atoms with Crippen molar-refractivity contribution in [2.75, 3.05) is 5.32 Å². The van der Waals surface area contributed by atoms with Gasteiger partial charge in [0.25, 0.3) is 5.69 Å². The van der Waals surface area contributed by atoms with E-state index >= 15 is 0 Å². The number of hydrogen-bond donors (Lipinski definition) is 2. The van der Waals surface area contributed by atoms with Gasteiger partial charge in [0, 0.05) is 11.8 Å². The van der Waals surface area contributed by atoms with Gasteiger partial charge in [-0.25, -0.2) is 0 Å². The molecule has 0 radical (unpaired) electrons. The molecule has 6 heteroatoms. The van der Waals surface area contributed by atoms with E-state index in [4.69, 9.17) is 11.6 Å². The van der Waals surface area contributed by atoms with E-state index in [0.717, 1.165) is 43.4 Å². The maximum Gasteiger partial charge on any atom is 0.288 e. The molecular weight excluding hydrogens is 280 g/mol. The molecule has 0 amide bonds. The molecule has 0 aromatic heterocycles. The van der Waals surface area contributed by atoms with Crippen molar-refractivity contribution >= 4 is 23.0 Å². The number of hydrogen-bond acceptors (Lipinski definition) is 4. The number of aryl methyl sites for hydroxylation is 1. The van der Waals surface area contributed by atoms with E-state index < -0.39 is 4.92 Å². The fourth-order valence-electron chi connectivity index (χ4n) is 2.62. The van der Waals surface area contributed by atoms with Crippen LogP contribution in [0.4, 0.5) is 11.4 Å². The van der Waals surface area contributed by atoms with Crippen molar-refractivity contribution < 1.29 is 10.0 Å². The lowest BCUT2D eigenvalue weighted by molar-refractivity contribution is -0.384. The van der Waals surface area contributed by atoms with Gasteiger partial charge in [-0.3, -0.25) is 10.1 Å². The Balaban J connectivity index is 2.20. The molecule has 5 nitrogen and oxygen atoms in total. The molecule has 110 valence electrons. The molecule has 2 unspecified atom stereocenters. The fraction of sp³-hybridized carbons (Fsp3) is 0.571. The topological polar surface area (TPSA) is 75.4 Å². The quantitative estimate of drug-likeness (QED) is 0.507. The number of nitro benzene ring substituents is 1. The van der Waals surface area contributed by atoms with Gasteiger partial charge >= 0.3 is 0 Å². The Kier molecular flexibility index (Phi) is 4.83. The third kappa shape index (κ3) is 3.41. The second-order valence-corrected chi connectivity index (χ2v) is 5.74. The monoisotopic (exact) mass is 298 g/mol. The Morgan fingerprint density at radius 3 is 2.75 bits per heavy atom. The van der Waals surface area contributed by atoms with Crippen LogP contribution in [0.15, 0.2) is 12.1 Å². The first-order valence-electron chi connectivity index (χ1n) is 6.88. The molecule has 0 bridgehead atoms. The lowest BCUT2D eigenvalue weighted by Gasteiger charge is -2.24. The van der Waals surface area contributed by atoms with Crippen LogP contribution >= 0.6 is 11.6 Å². The van der Waals surface area contributed by atoms with Crippen molar-refractivity contribution in [3.05, 3.63) is 32.8 Å². The molecule has 1 aliphatic carbocycles. The van der Waals surface area contributed by atoms with Crippen LogP contribution in [0, 0.1) is 17.0 Å². The van der Waals surface area contributed by atoms with Crippen LogP contribution in [0.1, 0.15) is 37.7 Å². The number of nitro groups is 1. The van der Waals surface area contributed by atoms with E-state index in [-0.39, 0.29) is 22.9 Å². The molecule has 0 saturated heterocycles. The van der Waals surface area contributed by atoms with Gasteiger partial charge in [0.15, 0.2) is 0 Å². The largest absolute Gasteiger partial charge is 0.391 e. The summed E-state index contributed by atoms with van der Waals surface area (Å²) in [4.78, 5) is 10.3. The minimum atomic E-state index is -0.486. The summed E-state index contributed by atoms with van der Waals surface area (Å²) in [6.45, 7) is 1.80. The number of aliphatic hydroxyl groups excluding tert-OH is 1. The maximum atomic E-state index is 10.8. The molecule has 1 aromatic carbocycles. The molecule has 0 heterocycles. The summed E-state index contributed by atoms with van der Waals surface area (Å²) in [5, 5.41) is 24.3. The molecule has 1 saturated carbocycles. The van der Waals surface area contributed by atoms with E-state index in [2.05, 4.69) is 5.32 Å². The Morgan fingerprint density at radius 1 is 1.35 bits per heavy atom. The highest BCUT2D eigenvalue weighted by molar-refractivity contribution is 6.33. The van der Waals surface area contributed by atoms with Crippen molar-refractivity contribution in [3.63, 3.8) is 0 Å². The number of rotatable bonds is 3. The molecule has 1 aliphatic rings. The summed E-state index contributed by atoms with van der Waals surface area (Å²) in [5.74, 6) is 0. The summed E-state index contributed by atoms with van der Waals surface area (Å²) in [6, 6.07) is 3.02. The zero-order valence-corrected chi connectivity index (χ0v) is 12.2. The zero-order chi connectivity index (χ0) is 14.7. The van der Waals surface area contributed by atoms with E-state index in [0.29, 0.717) is 0 Å². The fourth-order valence-corrected chi connectivity index (χ4v) is 2.85. The first-order valence-corrected chi connectivity index (χ1v) is 7.26. The maximum absolute atomic E-state index is 10.8. The molecule has 2 N–H and O–H groups in total. The van der Waals surface area contributed by atoms with Crippen molar-refractivity contribution in [1.29, 1.82) is 0 Å². The number of aliphatic hydroxyl groups is 1. The molecule has 2 rings (SSSR count). The first kappa shape index (κ1) is 15.1. The minimum Gasteiger partial charge on any atom is -0.391 e. The van der Waals surface area contributed by atoms with Crippen LogP contribution in [0.5, 0.6) is 0 Å². The highest BCUT2D eigenvalue weighted by Gasteiger charge is 2.23. The van der Waals surface area contributed by atoms with Gasteiger partial charge in [-0.1, -0.05) is 30.9 Å². The average Bonchev–Trinajstić information content (AvgIpc) is 2.58. The zero-order valence-electron chi connectivity index (χ0n) is 11.4. The van der Waals surface area contributed by atoms with Crippen molar-refractivity contribution in [2.24, 2.45) is 0 Å². The molecular formula is C14H19ClN2O3. The van der Waals surface area contributed by atoms with Crippen LogP contribution in [-0.2, 0) is 0 Å². The highest BCUT2D eigenvalue weighted by Crippen LogP contribution is 2.32. The van der Waals surface area contributed by atoms with Crippen LogP contribution in [0.3, 0.4) is 0 Å². The molecule has 20 heavy (non-hydrogen) atoms.